The Bertz CT molecular complexity index is 3000. The first kappa shape index (κ1) is 28.0. The van der Waals surface area contributed by atoms with Crippen molar-refractivity contribution in [3.05, 3.63) is 204 Å². The average molecular weight is 659 g/mol. The van der Waals surface area contributed by atoms with Crippen molar-refractivity contribution in [2.45, 2.75) is 5.41 Å². The number of rotatable bonds is 2. The molecule has 1 heteroatoms. The lowest BCUT2D eigenvalue weighted by atomic mass is 9.70. The molecule has 0 amide bonds. The second kappa shape index (κ2) is 10.2. The largest absolute Gasteiger partial charge is 0.456 e. The van der Waals surface area contributed by atoms with Crippen LogP contribution in [0.3, 0.4) is 0 Å². The molecule has 0 N–H and O–H groups in total. The Kier molecular flexibility index (Phi) is 5.49. The van der Waals surface area contributed by atoms with Crippen LogP contribution in [0.2, 0.25) is 0 Å². The average Bonchev–Trinajstić information content (AvgIpc) is 3.68. The molecule has 1 spiro atoms. The van der Waals surface area contributed by atoms with Gasteiger partial charge < -0.3 is 4.74 Å². The zero-order valence-corrected chi connectivity index (χ0v) is 28.2. The third-order valence-electron chi connectivity index (χ3n) is 11.9. The Morgan fingerprint density at radius 3 is 1.85 bits per heavy atom. The highest BCUT2D eigenvalue weighted by molar-refractivity contribution is 6.11. The van der Waals surface area contributed by atoms with Gasteiger partial charge in [-0.2, -0.15) is 0 Å². The third kappa shape index (κ3) is 3.48. The minimum Gasteiger partial charge on any atom is -0.456 e. The van der Waals surface area contributed by atoms with Crippen molar-refractivity contribution in [2.24, 2.45) is 0 Å². The van der Waals surface area contributed by atoms with Crippen LogP contribution in [0.1, 0.15) is 22.3 Å². The fraction of sp³-hybridized carbons (Fsp3) is 0.0196. The summed E-state index contributed by atoms with van der Waals surface area (Å²) < 4.78 is 6.47. The summed E-state index contributed by atoms with van der Waals surface area (Å²) in [5.41, 5.74) is 17.6. The fourth-order valence-corrected chi connectivity index (χ4v) is 9.86. The maximum absolute atomic E-state index is 6.47. The van der Waals surface area contributed by atoms with Crippen molar-refractivity contribution in [3.8, 4) is 67.1 Å². The predicted octanol–water partition coefficient (Wildman–Crippen LogP) is 13.4. The number of ether oxygens (including phenoxy) is 1. The van der Waals surface area contributed by atoms with Gasteiger partial charge >= 0.3 is 0 Å². The van der Waals surface area contributed by atoms with Crippen molar-refractivity contribution < 1.29 is 4.74 Å². The van der Waals surface area contributed by atoms with E-state index in [1.165, 1.54) is 93.9 Å². The molecule has 1 unspecified atom stereocenters. The molecule has 1 nitrogen and oxygen atoms in total. The highest BCUT2D eigenvalue weighted by Crippen LogP contribution is 2.64. The molecular formula is C51H30O. The van der Waals surface area contributed by atoms with Crippen LogP contribution in [0, 0.1) is 0 Å². The lowest BCUT2D eigenvalue weighted by Crippen LogP contribution is -2.25. The number of fused-ring (bicyclic) bond motifs is 14. The van der Waals surface area contributed by atoms with Crippen molar-refractivity contribution in [1.29, 1.82) is 0 Å². The lowest BCUT2D eigenvalue weighted by molar-refractivity contribution is 0.487. The summed E-state index contributed by atoms with van der Waals surface area (Å²) in [5, 5.41) is 4.96. The molecule has 0 aromatic heterocycles. The summed E-state index contributed by atoms with van der Waals surface area (Å²) >= 11 is 0. The number of para-hydroxylation sites is 1. The molecule has 9 aromatic rings. The Morgan fingerprint density at radius 1 is 0.327 bits per heavy atom. The molecule has 0 saturated heterocycles. The minimum absolute atomic E-state index is 0.419. The zero-order chi connectivity index (χ0) is 34.0. The molecule has 0 saturated carbocycles. The first-order chi connectivity index (χ1) is 25.8. The minimum atomic E-state index is -0.419. The first-order valence-electron chi connectivity index (χ1n) is 18.1. The van der Waals surface area contributed by atoms with E-state index in [1.54, 1.807) is 0 Å². The molecular weight excluding hydrogens is 629 g/mol. The summed E-state index contributed by atoms with van der Waals surface area (Å²) in [6.45, 7) is 0. The molecule has 52 heavy (non-hydrogen) atoms. The van der Waals surface area contributed by atoms with E-state index in [1.807, 2.05) is 6.07 Å². The normalized spacial score (nSPS) is 15.5. The van der Waals surface area contributed by atoms with Crippen molar-refractivity contribution >= 4 is 21.5 Å². The predicted molar refractivity (Wildman–Crippen MR) is 214 cm³/mol. The highest BCUT2D eigenvalue weighted by Gasteiger charge is 2.52. The van der Waals surface area contributed by atoms with Crippen LogP contribution in [0.4, 0.5) is 0 Å². The monoisotopic (exact) mass is 658 g/mol. The van der Waals surface area contributed by atoms with Crippen LogP contribution in [0.5, 0.6) is 11.5 Å². The molecule has 12 rings (SSSR count). The van der Waals surface area contributed by atoms with Gasteiger partial charge in [0, 0.05) is 10.9 Å². The van der Waals surface area contributed by atoms with Crippen LogP contribution in [0.25, 0.3) is 77.2 Å². The highest BCUT2D eigenvalue weighted by atomic mass is 16.5. The van der Waals surface area contributed by atoms with E-state index in [-0.39, 0.29) is 0 Å². The van der Waals surface area contributed by atoms with Gasteiger partial charge in [-0.15, -0.1) is 0 Å². The van der Waals surface area contributed by atoms with Crippen LogP contribution in [-0.4, -0.2) is 0 Å². The Labute approximate surface area is 302 Å². The van der Waals surface area contributed by atoms with E-state index in [0.29, 0.717) is 0 Å². The number of hydrogen-bond acceptors (Lipinski definition) is 1. The Balaban J connectivity index is 1.12. The molecule has 240 valence electrons. The molecule has 0 fully saturated rings. The van der Waals surface area contributed by atoms with Gasteiger partial charge in [0.15, 0.2) is 0 Å². The van der Waals surface area contributed by atoms with E-state index in [0.717, 1.165) is 17.1 Å². The quantitative estimate of drug-likeness (QED) is 0.180. The summed E-state index contributed by atoms with van der Waals surface area (Å²) in [4.78, 5) is 0. The van der Waals surface area contributed by atoms with E-state index in [9.17, 15) is 0 Å². The van der Waals surface area contributed by atoms with Gasteiger partial charge in [-0.1, -0.05) is 164 Å². The first-order valence-corrected chi connectivity index (χ1v) is 18.1. The second-order valence-electron chi connectivity index (χ2n) is 14.3. The molecule has 0 radical (unpaired) electrons. The van der Waals surface area contributed by atoms with Gasteiger partial charge in [0.05, 0.1) is 5.41 Å². The van der Waals surface area contributed by atoms with Crippen molar-refractivity contribution in [3.63, 3.8) is 0 Å². The molecule has 1 atom stereocenters. The maximum Gasteiger partial charge on any atom is 0.135 e. The van der Waals surface area contributed by atoms with E-state index >= 15 is 0 Å². The third-order valence-corrected chi connectivity index (χ3v) is 11.9. The van der Waals surface area contributed by atoms with E-state index < -0.39 is 5.41 Å². The SMILES string of the molecule is c1ccc2c(c1)Oc1ccc(-c3ccccc3-c3ccc4c(c3)C3(c5ccccc5-4)c4ccccc4-c4c3ccc3ccccc43)c3cccc-2c13. The summed E-state index contributed by atoms with van der Waals surface area (Å²) in [6, 6.07) is 67.3. The van der Waals surface area contributed by atoms with Gasteiger partial charge in [0.25, 0.3) is 0 Å². The molecule has 3 aliphatic rings. The van der Waals surface area contributed by atoms with Crippen molar-refractivity contribution in [1.82, 2.24) is 0 Å². The van der Waals surface area contributed by atoms with Crippen LogP contribution >= 0.6 is 0 Å². The summed E-state index contributed by atoms with van der Waals surface area (Å²) in [5.74, 6) is 1.82. The van der Waals surface area contributed by atoms with Gasteiger partial charge in [-0.25, -0.2) is 0 Å². The topological polar surface area (TPSA) is 9.23 Å². The van der Waals surface area contributed by atoms with Gasteiger partial charge in [0.1, 0.15) is 11.5 Å². The van der Waals surface area contributed by atoms with E-state index in [4.69, 9.17) is 4.74 Å². The second-order valence-corrected chi connectivity index (χ2v) is 14.3. The summed E-state index contributed by atoms with van der Waals surface area (Å²) in [6.07, 6.45) is 0. The van der Waals surface area contributed by atoms with Crippen LogP contribution in [0.15, 0.2) is 182 Å². The fourth-order valence-electron chi connectivity index (χ4n) is 9.86. The maximum atomic E-state index is 6.47. The van der Waals surface area contributed by atoms with Crippen molar-refractivity contribution in [2.75, 3.05) is 0 Å². The van der Waals surface area contributed by atoms with Gasteiger partial charge in [-0.3, -0.25) is 0 Å². The Hall–Kier alpha value is -6.70. The van der Waals surface area contributed by atoms with Gasteiger partial charge in [0.2, 0.25) is 0 Å². The molecule has 1 heterocycles. The number of hydrogen-bond donors (Lipinski definition) is 0. The van der Waals surface area contributed by atoms with Crippen LogP contribution < -0.4 is 4.74 Å². The standard InChI is InChI=1S/C51H30O/c1-2-14-34-31(12-1)25-28-45-49(34)42-18-6-9-22-44(42)51(45)43-21-8-5-16-37(43)38-26-24-32(30-46(38)51)33-13-3-4-15-35(33)36-27-29-48-50-40(36)19-11-20-41(50)39-17-7-10-23-47(39)52-48/h1-30H. The lowest BCUT2D eigenvalue weighted by Gasteiger charge is -2.31. The summed E-state index contributed by atoms with van der Waals surface area (Å²) in [7, 11) is 0. The number of benzene rings is 9. The van der Waals surface area contributed by atoms with Gasteiger partial charge in [-0.05, 0) is 107 Å². The Morgan fingerprint density at radius 2 is 0.962 bits per heavy atom. The molecule has 0 bridgehead atoms. The van der Waals surface area contributed by atoms with Crippen LogP contribution in [-0.2, 0) is 5.41 Å². The zero-order valence-electron chi connectivity index (χ0n) is 28.2. The van der Waals surface area contributed by atoms with E-state index in [2.05, 4.69) is 176 Å². The smallest absolute Gasteiger partial charge is 0.135 e. The molecule has 9 aromatic carbocycles. The molecule has 1 aliphatic heterocycles. The molecule has 2 aliphatic carbocycles.